The fourth-order valence-corrected chi connectivity index (χ4v) is 13.0. The number of aryl methyl sites for hydroxylation is 1. The lowest BCUT2D eigenvalue weighted by Crippen LogP contribution is -2.17. The van der Waals surface area contributed by atoms with Crippen LogP contribution in [0.1, 0.15) is 83.0 Å². The van der Waals surface area contributed by atoms with Gasteiger partial charge in [-0.25, -0.2) is 49.1 Å². The maximum atomic E-state index is 12.3. The van der Waals surface area contributed by atoms with Gasteiger partial charge in [-0.2, -0.15) is 5.10 Å². The number of oxazole rings is 6. The van der Waals surface area contributed by atoms with E-state index in [1.54, 1.807) is 197 Å². The maximum Gasteiger partial charge on any atom is 0.341 e. The van der Waals surface area contributed by atoms with Crippen molar-refractivity contribution in [3.63, 3.8) is 0 Å². The molecule has 7 heterocycles. The predicted octanol–water partition coefficient (Wildman–Crippen LogP) is 16.7. The number of anilines is 3. The number of para-hydroxylation sites is 7. The zero-order chi connectivity index (χ0) is 98.5. The van der Waals surface area contributed by atoms with Crippen molar-refractivity contribution in [3.8, 4) is 63.0 Å². The molecule has 19 aromatic rings. The first-order valence-electron chi connectivity index (χ1n) is 40.5. The van der Waals surface area contributed by atoms with Crippen LogP contribution in [0.15, 0.2) is 294 Å². The molecule has 0 aliphatic rings. The topological polar surface area (TPSA) is 608 Å². The first kappa shape index (κ1) is 95.6. The zero-order valence-electron chi connectivity index (χ0n) is 73.3. The lowest BCUT2D eigenvalue weighted by Gasteiger charge is -2.05. The number of nitrogens with one attached hydrogen (secondary N) is 4. The molecule has 10 N–H and O–H groups in total. The van der Waals surface area contributed by atoms with E-state index in [1.165, 1.54) is 106 Å². The molecule has 0 radical (unpaired) electrons. The van der Waals surface area contributed by atoms with Crippen LogP contribution in [0.4, 0.5) is 34.1 Å². The molecule has 42 heteroatoms. The number of aromatic carboxylic acids is 1. The number of nitrogens with zero attached hydrogens (tertiary/aromatic N) is 11. The number of carbonyl (C=O) groups excluding carboxylic acids is 7. The van der Waals surface area contributed by atoms with E-state index in [-0.39, 0.29) is 86.2 Å². The van der Waals surface area contributed by atoms with Gasteiger partial charge in [0.15, 0.2) is 45.6 Å². The van der Waals surface area contributed by atoms with Crippen molar-refractivity contribution in [1.29, 1.82) is 0 Å². The summed E-state index contributed by atoms with van der Waals surface area (Å²) in [6, 6.07) is 68.3. The van der Waals surface area contributed by atoms with Crippen molar-refractivity contribution in [2.45, 2.75) is 0 Å². The second-order valence-electron chi connectivity index (χ2n) is 28.5. The largest absolute Gasteiger partial charge is 0.505 e. The number of aromatic nitrogens is 8. The summed E-state index contributed by atoms with van der Waals surface area (Å²) in [6.07, 6.45) is 2.87. The van der Waals surface area contributed by atoms with Crippen LogP contribution in [0, 0.1) is 30.3 Å². The fourth-order valence-electron chi connectivity index (χ4n) is 13.0. The van der Waals surface area contributed by atoms with Gasteiger partial charge in [-0.05, 0) is 176 Å². The summed E-state index contributed by atoms with van der Waals surface area (Å²) in [5.41, 5.74) is 23.9. The van der Waals surface area contributed by atoms with Crippen LogP contribution in [0.2, 0.25) is 0 Å². The number of rotatable bonds is 17. The Hall–Kier alpha value is -20.0. The summed E-state index contributed by atoms with van der Waals surface area (Å²) in [5, 5.41) is 64.8. The molecule has 12 aromatic carbocycles. The molecule has 0 aliphatic carbocycles. The molecule has 0 spiro atoms. The molecule has 0 unspecified atom stereocenters. The number of carboxylic acids is 1. The van der Waals surface area contributed by atoms with E-state index >= 15 is 0 Å². The van der Waals surface area contributed by atoms with Gasteiger partial charge >= 0.3 is 23.9 Å². The van der Waals surface area contributed by atoms with Gasteiger partial charge in [0.1, 0.15) is 61.0 Å². The first-order valence-corrected chi connectivity index (χ1v) is 40.5. The maximum absolute atomic E-state index is 12.3. The third kappa shape index (κ3) is 22.0. The monoisotopic (exact) mass is 1870 g/mol. The van der Waals surface area contributed by atoms with Crippen molar-refractivity contribution in [3.05, 3.63) is 342 Å². The van der Waals surface area contributed by atoms with Crippen LogP contribution in [0.5, 0.6) is 5.75 Å². The number of nitro benzene ring substituents is 3. The Kier molecular flexibility index (Phi) is 29.9. The molecule has 0 atom stereocenters. The number of carbonyl (C=O) groups is 8. The standard InChI is InChI=1S/C20H17N5O3.C15H11N3O4.C15H13N3O2.C15H10N2O5.C14H8N2O5.C9H7NO3.C8H9NO3/c1-21-18(26)14-4-3-5-15-17(14)28-20(24-15)12-6-8-13(9-7-12)23-19(27)16-10-11-22-25(16)2;1-16-14(19)11-3-2-4-12-13(11)22-15(17-12)9-5-7-10(8-6-9)18(20)21;1-17-14(19)11-3-2-4-12-13(11)20-15(18-12)9-5-7-10(16)8-6-9;1-21-15(18)11-3-2-4-12-13(11)22-14(16-12)9-5-7-10(8-6-9)17(19)20;17-14(18)10-2-1-3-11-12(10)21-13(15-11)8-4-6-9(7-5-8)16(19)20;1-12-9(11)6-3-2-4-7-8(6)13-5-10-7;1-12-8(11)5-3-2-4-6(9)7(5)10/h3-11H,1-2H3,(H,21,26)(H,23,27);2-8H,1H3,(H,16,19);2-8H,16H2,1H3,(H,17,19);2-8H,1H3;1-7H,(H,17,18);2-5H,1H3;2-4,10H,9H2,1H3. The number of fused-ring (bicyclic) bond motifs is 6. The highest BCUT2D eigenvalue weighted by Crippen LogP contribution is 2.35. The van der Waals surface area contributed by atoms with Gasteiger partial charge in [-0.15, -0.1) is 0 Å². The number of methoxy groups -OCH3 is 3. The molecular formula is C96H75N17O25. The Bertz CT molecular complexity index is 7650. The number of esters is 3. The highest BCUT2D eigenvalue weighted by atomic mass is 16.6. The molecule has 4 amide bonds. The Balaban J connectivity index is 0.000000138. The lowest BCUT2D eigenvalue weighted by atomic mass is 10.2. The van der Waals surface area contributed by atoms with Crippen LogP contribution >= 0.6 is 0 Å². The van der Waals surface area contributed by atoms with Gasteiger partial charge < -0.3 is 83.7 Å². The first-order chi connectivity index (χ1) is 66.5. The Morgan fingerprint density at radius 2 is 0.667 bits per heavy atom. The van der Waals surface area contributed by atoms with E-state index in [0.717, 1.165) is 11.1 Å². The molecule has 19 rings (SSSR count). The smallest absolute Gasteiger partial charge is 0.341 e. The van der Waals surface area contributed by atoms with Crippen molar-refractivity contribution >= 4 is 148 Å². The van der Waals surface area contributed by atoms with Crippen LogP contribution in [-0.2, 0) is 21.3 Å². The number of nitro groups is 3. The minimum atomic E-state index is -1.10. The Labute approximate surface area is 775 Å². The summed E-state index contributed by atoms with van der Waals surface area (Å²) in [6.45, 7) is 0. The van der Waals surface area contributed by atoms with Crippen molar-refractivity contribution < 1.29 is 104 Å². The number of nitrogens with two attached hydrogens (primary N) is 2. The third-order valence-corrected chi connectivity index (χ3v) is 19.9. The fraction of sp³-hybridized carbons (Fsp3) is 0.0729. The molecule has 694 valence electrons. The summed E-state index contributed by atoms with van der Waals surface area (Å²) in [7, 11) is 10.2. The van der Waals surface area contributed by atoms with E-state index in [0.29, 0.717) is 135 Å². The van der Waals surface area contributed by atoms with E-state index in [4.69, 9.17) is 47.8 Å². The SMILES string of the molecule is CNC(=O)c1cccc2nc(-c3ccc(N)cc3)oc12.CNC(=O)c1cccc2nc(-c3ccc(NC(=O)c4ccnn4C)cc3)oc12.CNC(=O)c1cccc2nc(-c3ccc([N+](=O)[O-])cc3)oc12.COC(=O)c1cccc(N)c1O.COC(=O)c1cccc2nc(-c3ccc([N+](=O)[O-])cc3)oc12.COC(=O)c1cccc2ncoc12.O=C(O)c1cccc2nc(-c3ccc([N+](=O)[O-])cc3)oc12. The number of nitrogen functional groups attached to an aromatic ring is 2. The summed E-state index contributed by atoms with van der Waals surface area (Å²) in [5.74, 6) is -2.14. The number of phenolic OH excluding ortho intramolecular Hbond substituents is 1. The summed E-state index contributed by atoms with van der Waals surface area (Å²) in [4.78, 5) is 149. The molecular weight excluding hydrogens is 1790 g/mol. The highest BCUT2D eigenvalue weighted by molar-refractivity contribution is 6.08. The number of carboxylic acid groups (broad SMARTS) is 1. The van der Waals surface area contributed by atoms with Gasteiger partial charge in [0, 0.05) is 110 Å². The Morgan fingerprint density at radius 3 is 1.00 bits per heavy atom. The van der Waals surface area contributed by atoms with Gasteiger partial charge in [0.05, 0.1) is 58.5 Å². The molecule has 0 saturated carbocycles. The zero-order valence-corrected chi connectivity index (χ0v) is 73.3. The average Bonchev–Trinajstić information content (AvgIpc) is 1.66. The third-order valence-electron chi connectivity index (χ3n) is 19.9. The quantitative estimate of drug-likeness (QED) is 0.0105. The second-order valence-corrected chi connectivity index (χ2v) is 28.5. The average molecular weight is 1870 g/mol. The number of non-ortho nitro benzene ring substituents is 3. The Morgan fingerprint density at radius 1 is 0.370 bits per heavy atom. The van der Waals surface area contributed by atoms with E-state index < -0.39 is 38.6 Å². The second kappa shape index (κ2) is 43.2. The molecule has 0 saturated heterocycles. The highest BCUT2D eigenvalue weighted by Gasteiger charge is 2.25. The van der Waals surface area contributed by atoms with Gasteiger partial charge in [0.2, 0.25) is 29.5 Å². The van der Waals surface area contributed by atoms with Crippen molar-refractivity contribution in [2.24, 2.45) is 7.05 Å². The van der Waals surface area contributed by atoms with Crippen molar-refractivity contribution in [2.75, 3.05) is 59.3 Å². The minimum Gasteiger partial charge on any atom is -0.505 e. The van der Waals surface area contributed by atoms with Crippen LogP contribution < -0.4 is 32.7 Å². The normalized spacial score (nSPS) is 10.5. The molecule has 0 fully saturated rings. The number of amides is 4. The minimum absolute atomic E-state index is 0.00842. The number of hydrogen-bond donors (Lipinski definition) is 8. The van der Waals surface area contributed by atoms with Crippen LogP contribution in [0.3, 0.4) is 0 Å². The summed E-state index contributed by atoms with van der Waals surface area (Å²) >= 11 is 0. The van der Waals surface area contributed by atoms with Crippen molar-refractivity contribution in [1.82, 2.24) is 55.6 Å². The van der Waals surface area contributed by atoms with Gasteiger partial charge in [-0.3, -0.25) is 54.2 Å². The van der Waals surface area contributed by atoms with E-state index in [1.807, 2.05) is 18.2 Å². The van der Waals surface area contributed by atoms with Crippen LogP contribution in [-0.4, -0.2) is 155 Å². The van der Waals surface area contributed by atoms with E-state index in [2.05, 4.69) is 65.7 Å². The predicted molar refractivity (Wildman–Crippen MR) is 500 cm³/mol. The summed E-state index contributed by atoms with van der Waals surface area (Å²) < 4.78 is 48.6. The van der Waals surface area contributed by atoms with Crippen LogP contribution in [0.25, 0.3) is 124 Å². The number of hydrogen-bond acceptors (Lipinski definition) is 33. The molecule has 0 bridgehead atoms. The number of ether oxygens (including phenoxy) is 3. The lowest BCUT2D eigenvalue weighted by molar-refractivity contribution is -0.385. The van der Waals surface area contributed by atoms with Gasteiger partial charge in [0.25, 0.3) is 40.7 Å². The molecule has 0 aliphatic heterocycles. The molecule has 138 heavy (non-hydrogen) atoms. The number of phenols is 1. The van der Waals surface area contributed by atoms with E-state index in [9.17, 15) is 73.8 Å². The van der Waals surface area contributed by atoms with Gasteiger partial charge in [-0.1, -0.05) is 42.5 Å². The molecule has 42 nitrogen and oxygen atoms in total. The number of aromatic hydroxyl groups is 1. The molecule has 7 aromatic heterocycles. The number of benzene rings is 12.